The zero-order valence-corrected chi connectivity index (χ0v) is 18.8. The fraction of sp³-hybridized carbons (Fsp3) is 0.455. The molecule has 7 nitrogen and oxygen atoms in total. The molecule has 5 rings (SSSR count). The molecular formula is C22H23F2N5O2S. The number of fused-ring (bicyclic) bond motifs is 1. The number of carbonyl (C=O) groups is 1. The third-order valence-electron chi connectivity index (χ3n) is 5.87. The van der Waals surface area contributed by atoms with Crippen LogP contribution < -0.4 is 0 Å². The van der Waals surface area contributed by atoms with Crippen LogP contribution in [0.5, 0.6) is 0 Å². The second-order valence-electron chi connectivity index (χ2n) is 9.28. The number of ether oxygens (including phenoxy) is 1. The number of nitrogens with zero attached hydrogens (tertiary/aromatic N) is 5. The summed E-state index contributed by atoms with van der Waals surface area (Å²) in [6, 6.07) is 5.37. The quantitative estimate of drug-likeness (QED) is 0.489. The molecule has 1 aliphatic heterocycles. The molecule has 1 fully saturated rings. The van der Waals surface area contributed by atoms with E-state index in [0.717, 1.165) is 35.4 Å². The molecule has 168 valence electrons. The molecule has 1 aliphatic carbocycles. The summed E-state index contributed by atoms with van der Waals surface area (Å²) >= 11 is 0.825. The number of carbonyl (C=O) groups excluding carboxylic acids is 1. The van der Waals surface area contributed by atoms with Crippen molar-refractivity contribution in [1.82, 2.24) is 24.5 Å². The van der Waals surface area contributed by atoms with Gasteiger partial charge in [-0.2, -0.15) is 0 Å². The Kier molecular flexibility index (Phi) is 4.81. The third kappa shape index (κ3) is 3.37. The Hall–Kier alpha value is -2.88. The molecule has 0 saturated carbocycles. The van der Waals surface area contributed by atoms with E-state index in [-0.39, 0.29) is 22.6 Å². The number of pyridine rings is 1. The molecular weight excluding hydrogens is 436 g/mol. The highest BCUT2D eigenvalue weighted by Crippen LogP contribution is 2.57. The highest BCUT2D eigenvalue weighted by atomic mass is 32.1. The summed E-state index contributed by atoms with van der Waals surface area (Å²) < 4.78 is 33.7. The second-order valence-corrected chi connectivity index (χ2v) is 10.3. The van der Waals surface area contributed by atoms with Crippen molar-refractivity contribution in [3.63, 3.8) is 0 Å². The van der Waals surface area contributed by atoms with Crippen LogP contribution in [0.25, 0.3) is 16.3 Å². The predicted octanol–water partition coefficient (Wildman–Crippen LogP) is 5.42. The summed E-state index contributed by atoms with van der Waals surface area (Å²) in [6.07, 6.45) is 4.71. The maximum absolute atomic E-state index is 13.1. The molecule has 1 unspecified atom stereocenters. The van der Waals surface area contributed by atoms with Gasteiger partial charge in [0.25, 0.3) is 6.43 Å². The minimum absolute atomic E-state index is 0.145. The first-order chi connectivity index (χ1) is 15.2. The van der Waals surface area contributed by atoms with E-state index >= 15 is 0 Å². The molecule has 0 aromatic carbocycles. The van der Waals surface area contributed by atoms with Gasteiger partial charge >= 0.3 is 6.09 Å². The van der Waals surface area contributed by atoms with Crippen molar-refractivity contribution in [3.8, 4) is 10.8 Å². The van der Waals surface area contributed by atoms with Crippen LogP contribution in [0, 0.1) is 5.41 Å². The fourth-order valence-electron chi connectivity index (χ4n) is 4.56. The van der Waals surface area contributed by atoms with E-state index in [9.17, 15) is 13.6 Å². The molecule has 4 heterocycles. The lowest BCUT2D eigenvalue weighted by molar-refractivity contribution is -0.0785. The lowest BCUT2D eigenvalue weighted by atomic mass is 9.68. The summed E-state index contributed by atoms with van der Waals surface area (Å²) in [5.74, 6) is 0.442. The Balaban J connectivity index is 1.60. The molecule has 10 heteroatoms. The Labute approximate surface area is 187 Å². The molecule has 0 bridgehead atoms. The SMILES string of the molecule is CC(C)(C)OC(=O)N1CC2(CC=CC2)C1c1nc(-c2nnc(C(F)F)s2)n2ccccc12. The first kappa shape index (κ1) is 21.0. The van der Waals surface area contributed by atoms with Gasteiger partial charge in [-0.05, 0) is 45.7 Å². The highest BCUT2D eigenvalue weighted by molar-refractivity contribution is 7.14. The number of rotatable bonds is 3. The van der Waals surface area contributed by atoms with Gasteiger partial charge in [0.1, 0.15) is 5.60 Å². The van der Waals surface area contributed by atoms with E-state index in [1.165, 1.54) is 0 Å². The Morgan fingerprint density at radius 2 is 2.00 bits per heavy atom. The van der Waals surface area contributed by atoms with Crippen LogP contribution in [0.2, 0.25) is 0 Å². The van der Waals surface area contributed by atoms with Gasteiger partial charge in [-0.1, -0.05) is 29.6 Å². The first-order valence-electron chi connectivity index (χ1n) is 10.4. The van der Waals surface area contributed by atoms with E-state index in [1.54, 1.807) is 4.90 Å². The molecule has 1 amide bonds. The van der Waals surface area contributed by atoms with E-state index in [2.05, 4.69) is 22.3 Å². The van der Waals surface area contributed by atoms with Crippen LogP contribution in [-0.4, -0.2) is 42.7 Å². The predicted molar refractivity (Wildman–Crippen MR) is 116 cm³/mol. The summed E-state index contributed by atoms with van der Waals surface area (Å²) in [5.41, 5.74) is 0.766. The standard InChI is InChI=1S/C22H23F2N5O2S/c1-21(2,3)31-20(30)29-12-22(9-5-6-10-22)15(29)14-13-8-4-7-11-28(13)17(25-14)19-27-26-18(32-19)16(23)24/h4-8,11,15-16H,9-10,12H2,1-3H3. The van der Waals surface area contributed by atoms with Crippen LogP contribution in [0.1, 0.15) is 56.8 Å². The van der Waals surface area contributed by atoms with Gasteiger partial charge < -0.3 is 4.74 Å². The number of amides is 1. The minimum Gasteiger partial charge on any atom is -0.444 e. The van der Waals surface area contributed by atoms with Crippen LogP contribution in [0.4, 0.5) is 13.6 Å². The van der Waals surface area contributed by atoms with E-state index < -0.39 is 12.0 Å². The maximum atomic E-state index is 13.1. The Morgan fingerprint density at radius 1 is 1.25 bits per heavy atom. The largest absolute Gasteiger partial charge is 0.444 e. The van der Waals surface area contributed by atoms with Crippen LogP contribution in [0.3, 0.4) is 0 Å². The summed E-state index contributed by atoms with van der Waals surface area (Å²) in [4.78, 5) is 19.6. The average Bonchev–Trinajstić information content (AvgIpc) is 3.44. The van der Waals surface area contributed by atoms with Crippen molar-refractivity contribution in [1.29, 1.82) is 0 Å². The van der Waals surface area contributed by atoms with E-state index in [4.69, 9.17) is 9.72 Å². The fourth-order valence-corrected chi connectivity index (χ4v) is 5.25. The normalized spacial score (nSPS) is 19.8. The van der Waals surface area contributed by atoms with Gasteiger partial charge in [-0.3, -0.25) is 9.30 Å². The lowest BCUT2D eigenvalue weighted by Crippen LogP contribution is -2.60. The van der Waals surface area contributed by atoms with Crippen LogP contribution >= 0.6 is 11.3 Å². The van der Waals surface area contributed by atoms with Gasteiger partial charge in [-0.15, -0.1) is 10.2 Å². The molecule has 3 aromatic heterocycles. The molecule has 0 N–H and O–H groups in total. The second kappa shape index (κ2) is 7.33. The number of likely N-dealkylation sites (tertiary alicyclic amines) is 1. The van der Waals surface area contributed by atoms with E-state index in [0.29, 0.717) is 17.4 Å². The van der Waals surface area contributed by atoms with Crippen molar-refractivity contribution in [2.24, 2.45) is 5.41 Å². The van der Waals surface area contributed by atoms with Gasteiger partial charge in [0.15, 0.2) is 15.8 Å². The molecule has 32 heavy (non-hydrogen) atoms. The van der Waals surface area contributed by atoms with Gasteiger partial charge in [0.2, 0.25) is 0 Å². The monoisotopic (exact) mass is 459 g/mol. The summed E-state index contributed by atoms with van der Waals surface area (Å²) in [7, 11) is 0. The topological polar surface area (TPSA) is 72.6 Å². The van der Waals surface area contributed by atoms with Crippen molar-refractivity contribution in [3.05, 3.63) is 47.2 Å². The zero-order chi connectivity index (χ0) is 22.7. The number of halogens is 2. The lowest BCUT2D eigenvalue weighted by Gasteiger charge is -2.55. The minimum atomic E-state index is -2.69. The van der Waals surface area contributed by atoms with E-state index in [1.807, 2.05) is 49.6 Å². The van der Waals surface area contributed by atoms with Gasteiger partial charge in [0.05, 0.1) is 17.3 Å². The van der Waals surface area contributed by atoms with Crippen molar-refractivity contribution in [2.45, 2.75) is 51.7 Å². The van der Waals surface area contributed by atoms with Gasteiger partial charge in [0, 0.05) is 18.2 Å². The third-order valence-corrected chi connectivity index (χ3v) is 6.80. The summed E-state index contributed by atoms with van der Waals surface area (Å²) in [6.45, 7) is 6.10. The van der Waals surface area contributed by atoms with Gasteiger partial charge in [-0.25, -0.2) is 18.6 Å². The van der Waals surface area contributed by atoms with Crippen molar-refractivity contribution in [2.75, 3.05) is 6.54 Å². The molecule has 1 atom stereocenters. The Morgan fingerprint density at radius 3 is 2.66 bits per heavy atom. The number of allylic oxidation sites excluding steroid dienone is 2. The number of hydrogen-bond acceptors (Lipinski definition) is 6. The molecule has 2 aliphatic rings. The summed E-state index contributed by atoms with van der Waals surface area (Å²) in [5, 5.41) is 7.54. The number of imidazole rings is 1. The first-order valence-corrected chi connectivity index (χ1v) is 11.2. The number of hydrogen-bond donors (Lipinski definition) is 0. The smallest absolute Gasteiger partial charge is 0.410 e. The molecule has 3 aromatic rings. The highest BCUT2D eigenvalue weighted by Gasteiger charge is 2.57. The zero-order valence-electron chi connectivity index (χ0n) is 18.0. The number of aromatic nitrogens is 4. The van der Waals surface area contributed by atoms with Crippen LogP contribution in [0.15, 0.2) is 36.5 Å². The average molecular weight is 460 g/mol. The van der Waals surface area contributed by atoms with Crippen LogP contribution in [-0.2, 0) is 4.74 Å². The molecule has 0 radical (unpaired) electrons. The van der Waals surface area contributed by atoms with Crippen molar-refractivity contribution >= 4 is 22.9 Å². The maximum Gasteiger partial charge on any atom is 0.410 e. The van der Waals surface area contributed by atoms with Crippen molar-refractivity contribution < 1.29 is 18.3 Å². The Bertz CT molecular complexity index is 1200. The number of alkyl halides is 2. The molecule has 1 spiro atoms. The molecule has 1 saturated heterocycles.